The summed E-state index contributed by atoms with van der Waals surface area (Å²) < 4.78 is 5.71. The van der Waals surface area contributed by atoms with Crippen molar-refractivity contribution in [2.24, 2.45) is 5.41 Å². The van der Waals surface area contributed by atoms with Gasteiger partial charge in [0.05, 0.1) is 5.02 Å². The van der Waals surface area contributed by atoms with Crippen LogP contribution in [0.3, 0.4) is 0 Å². The SMILES string of the molecule is Cc1c(C(=O)NCC2(C)CCNCC2)oc2c(Cl)cccc12.Cl. The Hall–Kier alpha value is -1.23. The number of carbonyl (C=O) groups excluding carboxylic acids is 1. The average Bonchev–Trinajstić information content (AvgIpc) is 2.85. The smallest absolute Gasteiger partial charge is 0.287 e. The van der Waals surface area contributed by atoms with Gasteiger partial charge < -0.3 is 15.1 Å². The summed E-state index contributed by atoms with van der Waals surface area (Å²) in [5.41, 5.74) is 1.57. The molecule has 0 aliphatic carbocycles. The van der Waals surface area contributed by atoms with Gasteiger partial charge in [-0.05, 0) is 44.3 Å². The number of benzene rings is 1. The molecule has 2 aromatic rings. The number of amides is 1. The molecule has 0 spiro atoms. The molecule has 1 amide bonds. The van der Waals surface area contributed by atoms with Gasteiger partial charge in [0.15, 0.2) is 11.3 Å². The Bertz CT molecular complexity index is 706. The van der Waals surface area contributed by atoms with E-state index in [1.165, 1.54) is 0 Å². The van der Waals surface area contributed by atoms with Crippen molar-refractivity contribution in [2.75, 3.05) is 19.6 Å². The van der Waals surface area contributed by atoms with Crippen LogP contribution in [0.1, 0.15) is 35.9 Å². The lowest BCUT2D eigenvalue weighted by Gasteiger charge is -2.34. The zero-order valence-corrected chi connectivity index (χ0v) is 14.9. The fourth-order valence-corrected chi connectivity index (χ4v) is 3.22. The lowest BCUT2D eigenvalue weighted by molar-refractivity contribution is 0.0896. The Morgan fingerprint density at radius 2 is 2.09 bits per heavy atom. The Morgan fingerprint density at radius 3 is 2.74 bits per heavy atom. The first-order chi connectivity index (χ1) is 10.5. The van der Waals surface area contributed by atoms with Gasteiger partial charge in [0.1, 0.15) is 0 Å². The van der Waals surface area contributed by atoms with Gasteiger partial charge in [-0.25, -0.2) is 0 Å². The zero-order chi connectivity index (χ0) is 15.7. The highest BCUT2D eigenvalue weighted by atomic mass is 35.5. The van der Waals surface area contributed by atoms with Gasteiger partial charge >= 0.3 is 0 Å². The molecule has 1 aromatic carbocycles. The number of fused-ring (bicyclic) bond motifs is 1. The average molecular weight is 357 g/mol. The van der Waals surface area contributed by atoms with Crippen molar-refractivity contribution in [3.8, 4) is 0 Å². The molecule has 0 radical (unpaired) electrons. The van der Waals surface area contributed by atoms with Crippen molar-refractivity contribution < 1.29 is 9.21 Å². The van der Waals surface area contributed by atoms with Crippen LogP contribution in [0.5, 0.6) is 0 Å². The van der Waals surface area contributed by atoms with Crippen LogP contribution in [-0.2, 0) is 0 Å². The van der Waals surface area contributed by atoms with Crippen molar-refractivity contribution >= 4 is 40.9 Å². The fourth-order valence-electron chi connectivity index (χ4n) is 3.01. The first kappa shape index (κ1) is 18.1. The summed E-state index contributed by atoms with van der Waals surface area (Å²) in [5.74, 6) is 0.199. The van der Waals surface area contributed by atoms with E-state index in [-0.39, 0.29) is 23.7 Å². The van der Waals surface area contributed by atoms with Crippen LogP contribution in [0, 0.1) is 12.3 Å². The molecule has 2 N–H and O–H groups in total. The fraction of sp³-hybridized carbons (Fsp3) is 0.471. The minimum atomic E-state index is -0.162. The van der Waals surface area contributed by atoms with Crippen LogP contribution in [-0.4, -0.2) is 25.5 Å². The maximum absolute atomic E-state index is 12.5. The number of rotatable bonds is 3. The van der Waals surface area contributed by atoms with Gasteiger partial charge in [0.25, 0.3) is 5.91 Å². The summed E-state index contributed by atoms with van der Waals surface area (Å²) >= 11 is 6.14. The summed E-state index contributed by atoms with van der Waals surface area (Å²) in [6, 6.07) is 5.56. The van der Waals surface area contributed by atoms with Gasteiger partial charge in [-0.1, -0.05) is 30.7 Å². The molecular weight excluding hydrogens is 335 g/mol. The van der Waals surface area contributed by atoms with Crippen LogP contribution in [0.25, 0.3) is 11.0 Å². The molecule has 23 heavy (non-hydrogen) atoms. The minimum absolute atomic E-state index is 0. The molecule has 1 aliphatic heterocycles. The van der Waals surface area contributed by atoms with Crippen LogP contribution in [0.2, 0.25) is 5.02 Å². The Labute approximate surface area is 147 Å². The van der Waals surface area contributed by atoms with Crippen molar-refractivity contribution in [3.63, 3.8) is 0 Å². The van der Waals surface area contributed by atoms with Crippen LogP contribution in [0.15, 0.2) is 22.6 Å². The van der Waals surface area contributed by atoms with E-state index in [2.05, 4.69) is 17.6 Å². The number of carbonyl (C=O) groups is 1. The van der Waals surface area contributed by atoms with Crippen molar-refractivity contribution in [1.82, 2.24) is 10.6 Å². The van der Waals surface area contributed by atoms with Gasteiger partial charge in [-0.15, -0.1) is 12.4 Å². The molecule has 0 unspecified atom stereocenters. The number of aryl methyl sites for hydroxylation is 1. The van der Waals surface area contributed by atoms with Gasteiger partial charge in [-0.3, -0.25) is 4.79 Å². The summed E-state index contributed by atoms with van der Waals surface area (Å²) in [6.45, 7) is 6.79. The molecule has 1 aromatic heterocycles. The second-order valence-corrected chi connectivity index (χ2v) is 6.82. The standard InChI is InChI=1S/C17H21ClN2O2.ClH/c1-11-12-4-3-5-13(18)15(12)22-14(11)16(21)20-10-17(2)6-8-19-9-7-17;/h3-5,19H,6-10H2,1-2H3,(H,20,21);1H. The summed E-state index contributed by atoms with van der Waals surface area (Å²) in [5, 5.41) is 7.80. The second kappa shape index (κ2) is 7.12. The second-order valence-electron chi connectivity index (χ2n) is 6.42. The van der Waals surface area contributed by atoms with Gasteiger partial charge in [0, 0.05) is 17.5 Å². The third kappa shape index (κ3) is 3.65. The summed E-state index contributed by atoms with van der Waals surface area (Å²) in [6.07, 6.45) is 2.14. The number of piperidine rings is 1. The molecule has 1 aliphatic rings. The number of para-hydroxylation sites is 1. The number of nitrogens with one attached hydrogen (secondary N) is 2. The van der Waals surface area contributed by atoms with Gasteiger partial charge in [-0.2, -0.15) is 0 Å². The largest absolute Gasteiger partial charge is 0.449 e. The molecule has 0 saturated carbocycles. The number of hydrogen-bond acceptors (Lipinski definition) is 3. The zero-order valence-electron chi connectivity index (χ0n) is 13.4. The number of furan rings is 1. The highest BCUT2D eigenvalue weighted by molar-refractivity contribution is 6.35. The van der Waals surface area contributed by atoms with Crippen molar-refractivity contribution in [2.45, 2.75) is 26.7 Å². The Morgan fingerprint density at radius 1 is 1.39 bits per heavy atom. The number of halogens is 2. The predicted octanol–water partition coefficient (Wildman–Crippen LogP) is 3.94. The molecule has 0 bridgehead atoms. The van der Waals surface area contributed by atoms with E-state index in [0.717, 1.165) is 36.9 Å². The van der Waals surface area contributed by atoms with E-state index >= 15 is 0 Å². The third-order valence-electron chi connectivity index (χ3n) is 4.61. The van der Waals surface area contributed by atoms with E-state index in [9.17, 15) is 4.79 Å². The van der Waals surface area contributed by atoms with Crippen LogP contribution >= 0.6 is 24.0 Å². The van der Waals surface area contributed by atoms with E-state index in [1.807, 2.05) is 19.1 Å². The lowest BCUT2D eigenvalue weighted by Crippen LogP contribution is -2.42. The Kier molecular flexibility index (Phi) is 5.61. The van der Waals surface area contributed by atoms with E-state index in [4.69, 9.17) is 16.0 Å². The molecule has 6 heteroatoms. The molecule has 0 atom stereocenters. The highest BCUT2D eigenvalue weighted by Crippen LogP contribution is 2.31. The Balaban J connectivity index is 0.00000192. The van der Waals surface area contributed by atoms with E-state index in [1.54, 1.807) is 6.07 Å². The van der Waals surface area contributed by atoms with Crippen molar-refractivity contribution in [3.05, 3.63) is 34.5 Å². The highest BCUT2D eigenvalue weighted by Gasteiger charge is 2.28. The van der Waals surface area contributed by atoms with Crippen LogP contribution < -0.4 is 10.6 Å². The maximum Gasteiger partial charge on any atom is 0.287 e. The lowest BCUT2D eigenvalue weighted by atomic mass is 9.81. The van der Waals surface area contributed by atoms with Gasteiger partial charge in [0.2, 0.25) is 0 Å². The monoisotopic (exact) mass is 356 g/mol. The van der Waals surface area contributed by atoms with Crippen LogP contribution in [0.4, 0.5) is 0 Å². The quantitative estimate of drug-likeness (QED) is 0.875. The first-order valence-electron chi connectivity index (χ1n) is 7.67. The normalized spacial score (nSPS) is 16.8. The minimum Gasteiger partial charge on any atom is -0.449 e. The molecule has 3 rings (SSSR count). The molecule has 1 fully saturated rings. The molecule has 2 heterocycles. The number of hydrogen-bond donors (Lipinski definition) is 2. The molecule has 4 nitrogen and oxygen atoms in total. The molecule has 1 saturated heterocycles. The summed E-state index contributed by atoms with van der Waals surface area (Å²) in [7, 11) is 0. The molecular formula is C17H22Cl2N2O2. The topological polar surface area (TPSA) is 54.3 Å². The maximum atomic E-state index is 12.5. The third-order valence-corrected chi connectivity index (χ3v) is 4.91. The predicted molar refractivity (Wildman–Crippen MR) is 95.8 cm³/mol. The van der Waals surface area contributed by atoms with E-state index in [0.29, 0.717) is 22.9 Å². The van der Waals surface area contributed by atoms with E-state index < -0.39 is 0 Å². The molecule has 126 valence electrons. The summed E-state index contributed by atoms with van der Waals surface area (Å²) in [4.78, 5) is 12.5. The first-order valence-corrected chi connectivity index (χ1v) is 8.04. The van der Waals surface area contributed by atoms with Crippen molar-refractivity contribution in [1.29, 1.82) is 0 Å².